The Morgan fingerprint density at radius 2 is 1.93 bits per heavy atom. The zero-order valence-corrected chi connectivity index (χ0v) is 15.6. The van der Waals surface area contributed by atoms with Crippen LogP contribution in [0.15, 0.2) is 48.5 Å². The average molecular weight is 401 g/mol. The van der Waals surface area contributed by atoms with Crippen molar-refractivity contribution in [3.8, 4) is 5.75 Å². The van der Waals surface area contributed by atoms with Crippen molar-refractivity contribution < 1.29 is 22.7 Å². The van der Waals surface area contributed by atoms with E-state index in [9.17, 15) is 18.0 Å². The maximum Gasteiger partial charge on any atom is 0.416 e. The predicted octanol–water partition coefficient (Wildman–Crippen LogP) is 5.63. The molecule has 1 unspecified atom stereocenters. The molecule has 4 nitrogen and oxygen atoms in total. The van der Waals surface area contributed by atoms with Crippen LogP contribution in [0.5, 0.6) is 5.75 Å². The monoisotopic (exact) mass is 400 g/mol. The number of alkyl halides is 4. The molecule has 2 rings (SSSR count). The smallest absolute Gasteiger partial charge is 0.416 e. The van der Waals surface area contributed by atoms with Gasteiger partial charge in [-0.05, 0) is 36.2 Å². The van der Waals surface area contributed by atoms with Crippen molar-refractivity contribution in [2.45, 2.75) is 13.1 Å². The van der Waals surface area contributed by atoms with Gasteiger partial charge < -0.3 is 10.1 Å². The Bertz CT molecular complexity index is 784. The summed E-state index contributed by atoms with van der Waals surface area (Å²) in [6.45, 7) is 2.14. The van der Waals surface area contributed by atoms with Gasteiger partial charge in [-0.15, -0.1) is 11.6 Å². The lowest BCUT2D eigenvalue weighted by atomic mass is 10.1. The summed E-state index contributed by atoms with van der Waals surface area (Å²) in [4.78, 5) is 14.2. The van der Waals surface area contributed by atoms with Crippen LogP contribution >= 0.6 is 11.6 Å². The standard InChI is InChI=1S/C19H20ClF3N2O2/c1-13(11-20)12-25(16-8-3-4-9-17(16)27-2)18(26)24-15-7-5-6-14(10-15)19(21,22)23/h3-10,13H,11-12H2,1-2H3,(H,24,26). The number of carbonyl (C=O) groups is 1. The Labute approximate surface area is 160 Å². The van der Waals surface area contributed by atoms with Crippen molar-refractivity contribution in [1.29, 1.82) is 0 Å². The minimum Gasteiger partial charge on any atom is -0.495 e. The molecule has 0 aliphatic heterocycles. The zero-order valence-electron chi connectivity index (χ0n) is 14.9. The van der Waals surface area contributed by atoms with Crippen molar-refractivity contribution in [1.82, 2.24) is 0 Å². The lowest BCUT2D eigenvalue weighted by Crippen LogP contribution is -2.38. The van der Waals surface area contributed by atoms with Crippen molar-refractivity contribution in [3.63, 3.8) is 0 Å². The van der Waals surface area contributed by atoms with Gasteiger partial charge in [0.05, 0.1) is 18.4 Å². The average Bonchev–Trinajstić information content (AvgIpc) is 2.65. The molecule has 1 N–H and O–H groups in total. The third-order valence-corrected chi connectivity index (χ3v) is 4.35. The third-order valence-electron chi connectivity index (χ3n) is 3.82. The topological polar surface area (TPSA) is 41.6 Å². The molecule has 0 fully saturated rings. The van der Waals surface area contributed by atoms with Gasteiger partial charge in [0.1, 0.15) is 5.75 Å². The summed E-state index contributed by atoms with van der Waals surface area (Å²) in [5, 5.41) is 2.52. The molecule has 8 heteroatoms. The first kappa shape index (κ1) is 20.9. The number of nitrogens with zero attached hydrogens (tertiary/aromatic N) is 1. The molecule has 0 aliphatic rings. The second-order valence-electron chi connectivity index (χ2n) is 6.05. The number of benzene rings is 2. The number of amides is 2. The van der Waals surface area contributed by atoms with Crippen LogP contribution in [0.25, 0.3) is 0 Å². The minimum atomic E-state index is -4.49. The van der Waals surface area contributed by atoms with Gasteiger partial charge in [-0.1, -0.05) is 25.1 Å². The number of urea groups is 1. The second-order valence-corrected chi connectivity index (χ2v) is 6.36. The van der Waals surface area contributed by atoms with Crippen LogP contribution in [0.4, 0.5) is 29.3 Å². The first-order valence-corrected chi connectivity index (χ1v) is 8.74. The number of hydrogen-bond donors (Lipinski definition) is 1. The fourth-order valence-corrected chi connectivity index (χ4v) is 2.57. The summed E-state index contributed by atoms with van der Waals surface area (Å²) in [6.07, 6.45) is -4.49. The molecule has 0 saturated carbocycles. The van der Waals surface area contributed by atoms with Crippen molar-refractivity contribution >= 4 is 29.0 Å². The van der Waals surface area contributed by atoms with Crippen LogP contribution < -0.4 is 15.0 Å². The molecule has 0 spiro atoms. The molecule has 0 radical (unpaired) electrons. The molecular weight excluding hydrogens is 381 g/mol. The van der Waals surface area contributed by atoms with Gasteiger partial charge in [-0.25, -0.2) is 4.79 Å². The molecule has 1 atom stereocenters. The van der Waals surface area contributed by atoms with Crippen LogP contribution in [0.3, 0.4) is 0 Å². The summed E-state index contributed by atoms with van der Waals surface area (Å²) < 4.78 is 44.0. The molecule has 0 saturated heterocycles. The second kappa shape index (κ2) is 8.99. The number of nitrogens with one attached hydrogen (secondary N) is 1. The van der Waals surface area contributed by atoms with E-state index in [0.29, 0.717) is 17.3 Å². The molecule has 2 amide bonds. The predicted molar refractivity (Wildman–Crippen MR) is 101 cm³/mol. The van der Waals surface area contributed by atoms with Gasteiger partial charge in [-0.3, -0.25) is 4.90 Å². The number of methoxy groups -OCH3 is 1. The molecule has 27 heavy (non-hydrogen) atoms. The third kappa shape index (κ3) is 5.53. The van der Waals surface area contributed by atoms with Gasteiger partial charge in [0, 0.05) is 18.1 Å². The number of ether oxygens (including phenoxy) is 1. The number of hydrogen-bond acceptors (Lipinski definition) is 2. The van der Waals surface area contributed by atoms with Gasteiger partial charge in [-0.2, -0.15) is 13.2 Å². The Morgan fingerprint density at radius 1 is 1.22 bits per heavy atom. The molecule has 146 valence electrons. The van der Waals surface area contributed by atoms with Crippen LogP contribution in [0.2, 0.25) is 0 Å². The highest BCUT2D eigenvalue weighted by atomic mass is 35.5. The van der Waals surface area contributed by atoms with E-state index < -0.39 is 17.8 Å². The Kier molecular flexibility index (Phi) is 6.96. The lowest BCUT2D eigenvalue weighted by molar-refractivity contribution is -0.137. The first-order chi connectivity index (χ1) is 12.8. The van der Waals surface area contributed by atoms with Gasteiger partial charge >= 0.3 is 12.2 Å². The number of anilines is 2. The highest BCUT2D eigenvalue weighted by Crippen LogP contribution is 2.32. The van der Waals surface area contributed by atoms with E-state index >= 15 is 0 Å². The molecule has 0 heterocycles. The fourth-order valence-electron chi connectivity index (χ4n) is 2.47. The van der Waals surface area contributed by atoms with Crippen molar-refractivity contribution in [3.05, 3.63) is 54.1 Å². The quantitative estimate of drug-likeness (QED) is 0.639. The number of halogens is 4. The summed E-state index contributed by atoms with van der Waals surface area (Å²) in [7, 11) is 1.48. The van der Waals surface area contributed by atoms with E-state index in [0.717, 1.165) is 12.1 Å². The molecule has 2 aromatic rings. The van der Waals surface area contributed by atoms with Gasteiger partial charge in [0.15, 0.2) is 0 Å². The Morgan fingerprint density at radius 3 is 2.56 bits per heavy atom. The Hall–Kier alpha value is -2.41. The van der Waals surface area contributed by atoms with E-state index in [1.54, 1.807) is 24.3 Å². The van der Waals surface area contributed by atoms with Crippen molar-refractivity contribution in [2.75, 3.05) is 29.8 Å². The highest BCUT2D eigenvalue weighted by Gasteiger charge is 2.30. The maximum absolute atomic E-state index is 12.9. The highest BCUT2D eigenvalue weighted by molar-refractivity contribution is 6.18. The number of para-hydroxylation sites is 2. The SMILES string of the molecule is COc1ccccc1N(CC(C)CCl)C(=O)Nc1cccc(C(F)(F)F)c1. The first-order valence-electron chi connectivity index (χ1n) is 8.21. The normalized spacial score (nSPS) is 12.4. The van der Waals surface area contributed by atoms with Crippen LogP contribution in [0.1, 0.15) is 12.5 Å². The Balaban J connectivity index is 2.32. The van der Waals surface area contributed by atoms with Crippen LogP contribution in [0, 0.1) is 5.92 Å². The van der Waals surface area contributed by atoms with Crippen molar-refractivity contribution in [2.24, 2.45) is 5.92 Å². The van der Waals surface area contributed by atoms with E-state index in [4.69, 9.17) is 16.3 Å². The van der Waals surface area contributed by atoms with E-state index in [1.807, 2.05) is 6.92 Å². The van der Waals surface area contributed by atoms with E-state index in [2.05, 4.69) is 5.32 Å². The molecule has 0 aromatic heterocycles. The lowest BCUT2D eigenvalue weighted by Gasteiger charge is -2.27. The summed E-state index contributed by atoms with van der Waals surface area (Å²) in [5.74, 6) is 0.755. The van der Waals surface area contributed by atoms with Gasteiger partial charge in [0.25, 0.3) is 0 Å². The summed E-state index contributed by atoms with van der Waals surface area (Å²) in [5.41, 5.74) is -0.284. The molecule has 0 bridgehead atoms. The largest absolute Gasteiger partial charge is 0.495 e. The van der Waals surface area contributed by atoms with Gasteiger partial charge in [0.2, 0.25) is 0 Å². The summed E-state index contributed by atoms with van der Waals surface area (Å²) in [6, 6.07) is 10.8. The minimum absolute atomic E-state index is 0.0381. The van der Waals surface area contributed by atoms with E-state index in [1.165, 1.54) is 24.1 Å². The molecule has 2 aromatic carbocycles. The van der Waals surface area contributed by atoms with Crippen LogP contribution in [-0.2, 0) is 6.18 Å². The molecular formula is C19H20ClF3N2O2. The summed E-state index contributed by atoms with van der Waals surface area (Å²) >= 11 is 5.88. The number of rotatable bonds is 6. The van der Waals surface area contributed by atoms with Crippen LogP contribution in [-0.4, -0.2) is 25.6 Å². The number of carbonyl (C=O) groups excluding carboxylic acids is 1. The zero-order chi connectivity index (χ0) is 20.0. The van der Waals surface area contributed by atoms with E-state index in [-0.39, 0.29) is 18.2 Å². The fraction of sp³-hybridized carbons (Fsp3) is 0.316. The molecule has 0 aliphatic carbocycles. The maximum atomic E-state index is 12.9.